The molecule has 21 heavy (non-hydrogen) atoms. The van der Waals surface area contributed by atoms with E-state index in [2.05, 4.69) is 20.6 Å². The second kappa shape index (κ2) is 7.44. The van der Waals surface area contributed by atoms with Gasteiger partial charge in [0.25, 0.3) is 0 Å². The zero-order valence-corrected chi connectivity index (χ0v) is 12.4. The minimum absolute atomic E-state index is 0.510. The van der Waals surface area contributed by atoms with Crippen LogP contribution < -0.4 is 16.4 Å². The van der Waals surface area contributed by atoms with E-state index >= 15 is 0 Å². The van der Waals surface area contributed by atoms with E-state index in [0.29, 0.717) is 23.9 Å². The van der Waals surface area contributed by atoms with E-state index in [4.69, 9.17) is 10.5 Å². The minimum atomic E-state index is 0.510. The Hall–Kier alpha value is -2.34. The molecule has 0 unspecified atom stereocenters. The maximum absolute atomic E-state index is 6.09. The first kappa shape index (κ1) is 15.1. The van der Waals surface area contributed by atoms with Crippen LogP contribution in [-0.2, 0) is 4.74 Å². The second-order valence-corrected chi connectivity index (χ2v) is 4.75. The van der Waals surface area contributed by atoms with Gasteiger partial charge in [-0.15, -0.1) is 0 Å². The van der Waals surface area contributed by atoms with Gasteiger partial charge in [-0.1, -0.05) is 17.7 Å². The van der Waals surface area contributed by atoms with E-state index in [1.54, 1.807) is 7.11 Å². The number of aromatic nitrogens is 2. The van der Waals surface area contributed by atoms with Gasteiger partial charge in [-0.3, -0.25) is 0 Å². The van der Waals surface area contributed by atoms with Crippen molar-refractivity contribution in [1.82, 2.24) is 9.97 Å². The standard InChI is InChI=1S/C15H21N5O/c1-11-4-6-12(7-5-11)20-15-13(16)14(18-10-19-15)17-8-3-9-21-2/h4-7,10H,3,8-9,16H2,1-2H3,(H2,17,18,19,20). The summed E-state index contributed by atoms with van der Waals surface area (Å²) in [7, 11) is 1.68. The fraction of sp³-hybridized carbons (Fsp3) is 0.333. The lowest BCUT2D eigenvalue weighted by Crippen LogP contribution is -2.10. The van der Waals surface area contributed by atoms with Gasteiger partial charge in [-0.25, -0.2) is 9.97 Å². The van der Waals surface area contributed by atoms with Crippen LogP contribution in [0.5, 0.6) is 0 Å². The summed E-state index contributed by atoms with van der Waals surface area (Å²) in [5.41, 5.74) is 8.75. The normalized spacial score (nSPS) is 10.4. The number of anilines is 4. The lowest BCUT2D eigenvalue weighted by Gasteiger charge is -2.12. The van der Waals surface area contributed by atoms with Crippen LogP contribution in [0.2, 0.25) is 0 Å². The third kappa shape index (κ3) is 4.32. The molecule has 1 aromatic carbocycles. The van der Waals surface area contributed by atoms with Crippen molar-refractivity contribution < 1.29 is 4.74 Å². The van der Waals surface area contributed by atoms with Crippen molar-refractivity contribution in [2.75, 3.05) is 36.6 Å². The number of nitrogens with two attached hydrogens (primary N) is 1. The van der Waals surface area contributed by atoms with E-state index in [1.807, 2.05) is 31.2 Å². The van der Waals surface area contributed by atoms with Crippen LogP contribution in [0.3, 0.4) is 0 Å². The van der Waals surface area contributed by atoms with Gasteiger partial charge in [-0.2, -0.15) is 0 Å². The molecule has 2 aromatic rings. The number of nitrogens with zero attached hydrogens (tertiary/aromatic N) is 2. The lowest BCUT2D eigenvalue weighted by molar-refractivity contribution is 0.198. The molecule has 2 rings (SSSR count). The largest absolute Gasteiger partial charge is 0.393 e. The zero-order chi connectivity index (χ0) is 15.1. The van der Waals surface area contributed by atoms with Crippen LogP contribution in [0.4, 0.5) is 23.0 Å². The molecule has 1 heterocycles. The number of ether oxygens (including phenoxy) is 1. The van der Waals surface area contributed by atoms with Crippen molar-refractivity contribution in [3.05, 3.63) is 36.2 Å². The number of hydrogen-bond acceptors (Lipinski definition) is 6. The van der Waals surface area contributed by atoms with Crippen molar-refractivity contribution in [1.29, 1.82) is 0 Å². The van der Waals surface area contributed by atoms with Gasteiger partial charge in [0.1, 0.15) is 12.0 Å². The van der Waals surface area contributed by atoms with Gasteiger partial charge in [0.05, 0.1) is 0 Å². The second-order valence-electron chi connectivity index (χ2n) is 4.75. The molecule has 0 radical (unpaired) electrons. The highest BCUT2D eigenvalue weighted by molar-refractivity contribution is 5.77. The third-order valence-corrected chi connectivity index (χ3v) is 3.02. The van der Waals surface area contributed by atoms with Gasteiger partial charge in [-0.05, 0) is 25.5 Å². The average Bonchev–Trinajstić information content (AvgIpc) is 2.49. The molecule has 6 heteroatoms. The minimum Gasteiger partial charge on any atom is -0.393 e. The highest BCUT2D eigenvalue weighted by Gasteiger charge is 2.07. The summed E-state index contributed by atoms with van der Waals surface area (Å²) in [4.78, 5) is 8.35. The molecule has 0 atom stereocenters. The van der Waals surface area contributed by atoms with Crippen LogP contribution in [-0.4, -0.2) is 30.2 Å². The summed E-state index contributed by atoms with van der Waals surface area (Å²) in [5.74, 6) is 1.24. The predicted octanol–water partition coefficient (Wildman–Crippen LogP) is 2.56. The molecule has 0 spiro atoms. The van der Waals surface area contributed by atoms with Crippen LogP contribution in [0, 0.1) is 6.92 Å². The van der Waals surface area contributed by atoms with Crippen molar-refractivity contribution >= 4 is 23.0 Å². The number of aryl methyl sites for hydroxylation is 1. The zero-order valence-electron chi connectivity index (χ0n) is 12.4. The van der Waals surface area contributed by atoms with Crippen molar-refractivity contribution in [3.63, 3.8) is 0 Å². The lowest BCUT2D eigenvalue weighted by atomic mass is 10.2. The number of rotatable bonds is 7. The average molecular weight is 287 g/mol. The number of methoxy groups -OCH3 is 1. The quantitative estimate of drug-likeness (QED) is 0.679. The smallest absolute Gasteiger partial charge is 0.159 e. The van der Waals surface area contributed by atoms with E-state index in [-0.39, 0.29) is 0 Å². The Kier molecular flexibility index (Phi) is 5.34. The SMILES string of the molecule is COCCCNc1ncnc(Nc2ccc(C)cc2)c1N. The Morgan fingerprint density at radius 3 is 2.57 bits per heavy atom. The monoisotopic (exact) mass is 287 g/mol. The topological polar surface area (TPSA) is 85.1 Å². The first-order valence-electron chi connectivity index (χ1n) is 6.87. The molecular weight excluding hydrogens is 266 g/mol. The van der Waals surface area contributed by atoms with E-state index in [9.17, 15) is 0 Å². The molecule has 0 aliphatic heterocycles. The van der Waals surface area contributed by atoms with Crippen LogP contribution in [0.15, 0.2) is 30.6 Å². The van der Waals surface area contributed by atoms with Crippen molar-refractivity contribution in [2.24, 2.45) is 0 Å². The molecule has 4 N–H and O–H groups in total. The Morgan fingerprint density at radius 1 is 1.14 bits per heavy atom. The molecule has 0 aliphatic rings. The molecule has 0 amide bonds. The van der Waals surface area contributed by atoms with Crippen LogP contribution >= 0.6 is 0 Å². The molecular formula is C15H21N5O. The Morgan fingerprint density at radius 2 is 1.86 bits per heavy atom. The number of nitrogen functional groups attached to an aromatic ring is 1. The Balaban J connectivity index is 2.04. The molecule has 112 valence electrons. The van der Waals surface area contributed by atoms with Crippen LogP contribution in [0.1, 0.15) is 12.0 Å². The summed E-state index contributed by atoms with van der Waals surface area (Å²) >= 11 is 0. The highest BCUT2D eigenvalue weighted by atomic mass is 16.5. The predicted molar refractivity (Wildman–Crippen MR) is 85.9 cm³/mol. The van der Waals surface area contributed by atoms with Crippen LogP contribution in [0.25, 0.3) is 0 Å². The summed E-state index contributed by atoms with van der Waals surface area (Å²) < 4.78 is 5.01. The fourth-order valence-electron chi connectivity index (χ4n) is 1.83. The van der Waals surface area contributed by atoms with E-state index in [0.717, 1.165) is 18.7 Å². The summed E-state index contributed by atoms with van der Waals surface area (Å²) in [6.07, 6.45) is 2.38. The third-order valence-electron chi connectivity index (χ3n) is 3.02. The molecule has 0 fully saturated rings. The number of hydrogen-bond donors (Lipinski definition) is 3. The van der Waals surface area contributed by atoms with Gasteiger partial charge in [0.15, 0.2) is 11.6 Å². The molecule has 1 aromatic heterocycles. The Labute approximate surface area is 124 Å². The van der Waals surface area contributed by atoms with E-state index in [1.165, 1.54) is 11.9 Å². The Bertz CT molecular complexity index is 571. The van der Waals surface area contributed by atoms with Gasteiger partial charge < -0.3 is 21.1 Å². The van der Waals surface area contributed by atoms with Crippen molar-refractivity contribution in [3.8, 4) is 0 Å². The maximum Gasteiger partial charge on any atom is 0.159 e. The number of nitrogens with one attached hydrogen (secondary N) is 2. The molecule has 0 bridgehead atoms. The molecule has 0 saturated carbocycles. The van der Waals surface area contributed by atoms with Gasteiger partial charge >= 0.3 is 0 Å². The summed E-state index contributed by atoms with van der Waals surface area (Å²) in [6, 6.07) is 8.04. The molecule has 0 saturated heterocycles. The van der Waals surface area contributed by atoms with Crippen molar-refractivity contribution in [2.45, 2.75) is 13.3 Å². The van der Waals surface area contributed by atoms with E-state index < -0.39 is 0 Å². The first-order valence-corrected chi connectivity index (χ1v) is 6.87. The fourth-order valence-corrected chi connectivity index (χ4v) is 1.83. The maximum atomic E-state index is 6.09. The molecule has 6 nitrogen and oxygen atoms in total. The molecule has 0 aliphatic carbocycles. The number of benzene rings is 1. The summed E-state index contributed by atoms with van der Waals surface area (Å²) in [5, 5.41) is 6.39. The van der Waals surface area contributed by atoms with Gasteiger partial charge in [0.2, 0.25) is 0 Å². The van der Waals surface area contributed by atoms with Gasteiger partial charge in [0, 0.05) is 25.9 Å². The first-order chi connectivity index (χ1) is 10.2. The highest BCUT2D eigenvalue weighted by Crippen LogP contribution is 2.25. The summed E-state index contributed by atoms with van der Waals surface area (Å²) in [6.45, 7) is 3.50.